The minimum absolute atomic E-state index is 0.287. The zero-order chi connectivity index (χ0) is 21.7. The molecule has 4 heteroatoms. The molecule has 0 saturated carbocycles. The standard InChI is InChI=1S/C26H39NO3/c1-2-3-4-5-6-7-8-9-10-11-12-13-14-15-16-17-20-25(26(28)29)30-23-24-19-18-21-27-22-24/h6-7,9-10,12-13,18-19,21-22,25H,2-5,8,11,14-17,20,23H2,1H3,(H,28,29). The van der Waals surface area contributed by atoms with Crippen molar-refractivity contribution in [2.24, 2.45) is 0 Å². The molecule has 4 nitrogen and oxygen atoms in total. The van der Waals surface area contributed by atoms with Crippen molar-refractivity contribution < 1.29 is 14.6 Å². The van der Waals surface area contributed by atoms with Gasteiger partial charge in [0.2, 0.25) is 0 Å². The zero-order valence-corrected chi connectivity index (χ0v) is 18.5. The third kappa shape index (κ3) is 14.7. The van der Waals surface area contributed by atoms with Gasteiger partial charge in [-0.05, 0) is 56.6 Å². The Labute approximate surface area is 182 Å². The van der Waals surface area contributed by atoms with Crippen molar-refractivity contribution >= 4 is 5.97 Å². The lowest BCUT2D eigenvalue weighted by atomic mass is 10.1. The molecule has 1 aromatic heterocycles. The highest BCUT2D eigenvalue weighted by Crippen LogP contribution is 2.11. The number of nitrogens with zero attached hydrogens (tertiary/aromatic N) is 1. The highest BCUT2D eigenvalue weighted by atomic mass is 16.5. The molecule has 0 fully saturated rings. The Morgan fingerprint density at radius 1 is 1.00 bits per heavy atom. The summed E-state index contributed by atoms with van der Waals surface area (Å²) in [7, 11) is 0. The second kappa shape index (κ2) is 18.8. The van der Waals surface area contributed by atoms with Crippen LogP contribution >= 0.6 is 0 Å². The molecular formula is C26H39NO3. The second-order valence-electron chi connectivity index (χ2n) is 7.52. The Bertz CT molecular complexity index is 622. The summed E-state index contributed by atoms with van der Waals surface area (Å²) in [5.74, 6) is -0.888. The Kier molecular flexibility index (Phi) is 16.2. The number of aromatic nitrogens is 1. The van der Waals surface area contributed by atoms with Gasteiger partial charge in [-0.2, -0.15) is 0 Å². The zero-order valence-electron chi connectivity index (χ0n) is 18.5. The van der Waals surface area contributed by atoms with Crippen LogP contribution in [0, 0.1) is 0 Å². The van der Waals surface area contributed by atoms with E-state index in [0.29, 0.717) is 6.42 Å². The fraction of sp³-hybridized carbons (Fsp3) is 0.538. The molecule has 0 aliphatic heterocycles. The maximum absolute atomic E-state index is 11.3. The van der Waals surface area contributed by atoms with Gasteiger partial charge in [0.25, 0.3) is 0 Å². The van der Waals surface area contributed by atoms with Gasteiger partial charge >= 0.3 is 5.97 Å². The number of rotatable bonds is 18. The molecule has 1 atom stereocenters. The summed E-state index contributed by atoms with van der Waals surface area (Å²) in [6.45, 7) is 2.52. The van der Waals surface area contributed by atoms with Crippen LogP contribution in [0.3, 0.4) is 0 Å². The van der Waals surface area contributed by atoms with Crippen molar-refractivity contribution in [2.45, 2.75) is 90.3 Å². The molecule has 1 heterocycles. The smallest absolute Gasteiger partial charge is 0.332 e. The number of carbonyl (C=O) groups is 1. The van der Waals surface area contributed by atoms with Crippen LogP contribution in [0.25, 0.3) is 0 Å². The number of pyridine rings is 1. The van der Waals surface area contributed by atoms with Crippen LogP contribution in [-0.4, -0.2) is 22.2 Å². The summed E-state index contributed by atoms with van der Waals surface area (Å²) < 4.78 is 5.55. The number of hydrogen-bond donors (Lipinski definition) is 1. The normalized spacial score (nSPS) is 13.0. The van der Waals surface area contributed by atoms with Crippen molar-refractivity contribution in [1.82, 2.24) is 4.98 Å². The molecule has 0 aliphatic rings. The van der Waals surface area contributed by atoms with Crippen molar-refractivity contribution in [3.8, 4) is 0 Å². The fourth-order valence-corrected chi connectivity index (χ4v) is 3.02. The van der Waals surface area contributed by atoms with Gasteiger partial charge in [-0.25, -0.2) is 4.79 Å². The summed E-state index contributed by atoms with van der Waals surface area (Å²) in [6.07, 6.45) is 27.7. The molecule has 0 radical (unpaired) electrons. The number of ether oxygens (including phenoxy) is 1. The summed E-state index contributed by atoms with van der Waals surface area (Å²) >= 11 is 0. The predicted octanol–water partition coefficient (Wildman–Crippen LogP) is 7.03. The molecular weight excluding hydrogens is 374 g/mol. The molecule has 1 rings (SSSR count). The van der Waals surface area contributed by atoms with E-state index in [1.807, 2.05) is 12.1 Å². The molecule has 1 N–H and O–H groups in total. The molecule has 0 saturated heterocycles. The van der Waals surface area contributed by atoms with Crippen LogP contribution in [-0.2, 0) is 16.1 Å². The highest BCUT2D eigenvalue weighted by molar-refractivity contribution is 5.72. The molecule has 1 unspecified atom stereocenters. The lowest BCUT2D eigenvalue weighted by Crippen LogP contribution is -2.23. The quantitative estimate of drug-likeness (QED) is 0.207. The first kappa shape index (κ1) is 25.8. The fourth-order valence-electron chi connectivity index (χ4n) is 3.02. The van der Waals surface area contributed by atoms with Crippen LogP contribution in [0.5, 0.6) is 0 Å². The Balaban J connectivity index is 2.02. The van der Waals surface area contributed by atoms with Crippen LogP contribution in [0.1, 0.15) is 83.1 Å². The van der Waals surface area contributed by atoms with E-state index in [1.165, 1.54) is 25.7 Å². The van der Waals surface area contributed by atoms with Gasteiger partial charge in [-0.1, -0.05) is 75.1 Å². The van der Waals surface area contributed by atoms with E-state index >= 15 is 0 Å². The Morgan fingerprint density at radius 2 is 1.67 bits per heavy atom. The number of hydrogen-bond acceptors (Lipinski definition) is 3. The molecule has 30 heavy (non-hydrogen) atoms. The first-order valence-electron chi connectivity index (χ1n) is 11.4. The van der Waals surface area contributed by atoms with Crippen LogP contribution in [0.4, 0.5) is 0 Å². The first-order chi connectivity index (χ1) is 14.7. The molecule has 0 spiro atoms. The van der Waals surface area contributed by atoms with E-state index in [9.17, 15) is 9.90 Å². The first-order valence-corrected chi connectivity index (χ1v) is 11.4. The number of carboxylic acid groups (broad SMARTS) is 1. The summed E-state index contributed by atoms with van der Waals surface area (Å²) in [5.41, 5.74) is 0.894. The molecule has 0 aromatic carbocycles. The van der Waals surface area contributed by atoms with Gasteiger partial charge in [0.1, 0.15) is 0 Å². The van der Waals surface area contributed by atoms with Crippen molar-refractivity contribution in [1.29, 1.82) is 0 Å². The molecule has 1 aromatic rings. The number of aliphatic carboxylic acids is 1. The minimum Gasteiger partial charge on any atom is -0.479 e. The predicted molar refractivity (Wildman–Crippen MR) is 124 cm³/mol. The van der Waals surface area contributed by atoms with Crippen molar-refractivity contribution in [2.75, 3.05) is 0 Å². The maximum Gasteiger partial charge on any atom is 0.332 e. The van der Waals surface area contributed by atoms with Gasteiger partial charge in [0, 0.05) is 12.4 Å². The molecule has 0 bridgehead atoms. The van der Waals surface area contributed by atoms with E-state index in [-0.39, 0.29) is 6.61 Å². The van der Waals surface area contributed by atoms with Crippen molar-refractivity contribution in [3.63, 3.8) is 0 Å². The summed E-state index contributed by atoms with van der Waals surface area (Å²) in [4.78, 5) is 15.4. The molecule has 0 amide bonds. The number of unbranched alkanes of at least 4 members (excludes halogenated alkanes) is 6. The second-order valence-corrected chi connectivity index (χ2v) is 7.52. The van der Waals surface area contributed by atoms with Crippen LogP contribution < -0.4 is 0 Å². The third-order valence-electron chi connectivity index (χ3n) is 4.81. The monoisotopic (exact) mass is 413 g/mol. The highest BCUT2D eigenvalue weighted by Gasteiger charge is 2.17. The third-order valence-corrected chi connectivity index (χ3v) is 4.81. The largest absolute Gasteiger partial charge is 0.479 e. The van der Waals surface area contributed by atoms with Crippen LogP contribution in [0.15, 0.2) is 61.0 Å². The van der Waals surface area contributed by atoms with Gasteiger partial charge in [0.05, 0.1) is 6.61 Å². The summed E-state index contributed by atoms with van der Waals surface area (Å²) in [6, 6.07) is 3.71. The lowest BCUT2D eigenvalue weighted by Gasteiger charge is -2.13. The van der Waals surface area contributed by atoms with E-state index in [4.69, 9.17) is 4.74 Å². The number of allylic oxidation sites excluding steroid dienone is 6. The van der Waals surface area contributed by atoms with Crippen molar-refractivity contribution in [3.05, 3.63) is 66.5 Å². The Hall–Kier alpha value is -2.20. The average molecular weight is 414 g/mol. The van der Waals surface area contributed by atoms with E-state index < -0.39 is 12.1 Å². The van der Waals surface area contributed by atoms with E-state index in [0.717, 1.165) is 44.1 Å². The van der Waals surface area contributed by atoms with E-state index in [1.54, 1.807) is 12.4 Å². The number of carboxylic acids is 1. The average Bonchev–Trinajstić information content (AvgIpc) is 2.76. The Morgan fingerprint density at radius 3 is 2.27 bits per heavy atom. The molecule has 0 aliphatic carbocycles. The van der Waals surface area contributed by atoms with Gasteiger partial charge in [-0.15, -0.1) is 0 Å². The SMILES string of the molecule is CCCCCC=CCC=CCC=CCCCCCC(OCc1cccnc1)C(=O)O. The topological polar surface area (TPSA) is 59.4 Å². The lowest BCUT2D eigenvalue weighted by molar-refractivity contribution is -0.151. The molecule has 166 valence electrons. The van der Waals surface area contributed by atoms with Gasteiger partial charge in [0.15, 0.2) is 6.10 Å². The summed E-state index contributed by atoms with van der Waals surface area (Å²) in [5, 5.41) is 9.31. The van der Waals surface area contributed by atoms with Gasteiger partial charge < -0.3 is 9.84 Å². The maximum atomic E-state index is 11.3. The van der Waals surface area contributed by atoms with Crippen LogP contribution in [0.2, 0.25) is 0 Å². The minimum atomic E-state index is -0.888. The van der Waals surface area contributed by atoms with Gasteiger partial charge in [-0.3, -0.25) is 4.98 Å². The van der Waals surface area contributed by atoms with E-state index in [2.05, 4.69) is 48.4 Å².